The molecule has 1 aliphatic rings. The highest BCUT2D eigenvalue weighted by molar-refractivity contribution is 5.92. The van der Waals surface area contributed by atoms with Crippen molar-refractivity contribution in [3.8, 4) is 0 Å². The van der Waals surface area contributed by atoms with E-state index in [4.69, 9.17) is 4.74 Å². The van der Waals surface area contributed by atoms with Gasteiger partial charge in [-0.2, -0.15) is 0 Å². The highest BCUT2D eigenvalue weighted by Crippen LogP contribution is 2.13. The summed E-state index contributed by atoms with van der Waals surface area (Å²) in [5.41, 5.74) is 0.461. The van der Waals surface area contributed by atoms with Crippen LogP contribution >= 0.6 is 0 Å². The fraction of sp³-hybridized carbons (Fsp3) is 0.692. The van der Waals surface area contributed by atoms with Gasteiger partial charge in [0.05, 0.1) is 13.2 Å². The van der Waals surface area contributed by atoms with Gasteiger partial charge >= 0.3 is 0 Å². The van der Waals surface area contributed by atoms with Crippen LogP contribution in [0.3, 0.4) is 0 Å². The number of nitrogens with zero attached hydrogens (tertiary/aromatic N) is 3. The fourth-order valence-corrected chi connectivity index (χ4v) is 1.96. The van der Waals surface area contributed by atoms with E-state index in [2.05, 4.69) is 20.5 Å². The van der Waals surface area contributed by atoms with Gasteiger partial charge in [-0.1, -0.05) is 0 Å². The van der Waals surface area contributed by atoms with Crippen molar-refractivity contribution in [2.24, 2.45) is 0 Å². The Balaban J connectivity index is 1.68. The third kappa shape index (κ3) is 4.21. The van der Waals surface area contributed by atoms with Crippen molar-refractivity contribution in [1.29, 1.82) is 0 Å². The van der Waals surface area contributed by atoms with Crippen molar-refractivity contribution in [3.05, 3.63) is 11.9 Å². The molecular formula is C13H23N5O2. The van der Waals surface area contributed by atoms with Crippen LogP contribution in [-0.2, 0) is 11.3 Å². The molecule has 0 bridgehead atoms. The number of aromatic nitrogens is 2. The molecule has 7 nitrogen and oxygen atoms in total. The van der Waals surface area contributed by atoms with Crippen molar-refractivity contribution in [2.75, 3.05) is 52.3 Å². The maximum atomic E-state index is 11.9. The molecule has 1 aromatic rings. The molecule has 2 heterocycles. The van der Waals surface area contributed by atoms with E-state index in [1.54, 1.807) is 6.20 Å². The van der Waals surface area contributed by atoms with Crippen LogP contribution in [0, 0.1) is 0 Å². The predicted octanol–water partition coefficient (Wildman–Crippen LogP) is 0.00670. The Labute approximate surface area is 119 Å². The number of rotatable bonds is 7. The summed E-state index contributed by atoms with van der Waals surface area (Å²) < 4.78 is 7.40. The molecule has 112 valence electrons. The summed E-state index contributed by atoms with van der Waals surface area (Å²) in [5.74, 6) is 0.633. The molecule has 0 spiro atoms. The molecule has 2 N–H and O–H groups in total. The average molecular weight is 281 g/mol. The van der Waals surface area contributed by atoms with Gasteiger partial charge in [0, 0.05) is 32.4 Å². The summed E-state index contributed by atoms with van der Waals surface area (Å²) in [5, 5.41) is 5.99. The van der Waals surface area contributed by atoms with E-state index in [1.807, 2.05) is 18.7 Å². The maximum absolute atomic E-state index is 11.9. The Bertz CT molecular complexity index is 420. The first-order valence-electron chi connectivity index (χ1n) is 6.98. The van der Waals surface area contributed by atoms with E-state index in [1.165, 1.54) is 0 Å². The second kappa shape index (κ2) is 7.25. The molecule has 0 saturated carbocycles. The molecule has 20 heavy (non-hydrogen) atoms. The number of anilines is 1. The van der Waals surface area contributed by atoms with E-state index in [0.717, 1.165) is 32.0 Å². The topological polar surface area (TPSA) is 71.4 Å². The SMILES string of the molecule is CN(C)CCOCCNC(=O)c1cn2c(n1)NCCC2. The third-order valence-corrected chi connectivity index (χ3v) is 3.08. The number of nitrogens with one attached hydrogen (secondary N) is 2. The summed E-state index contributed by atoms with van der Waals surface area (Å²) in [7, 11) is 4.00. The van der Waals surface area contributed by atoms with E-state index in [-0.39, 0.29) is 5.91 Å². The highest BCUT2D eigenvalue weighted by atomic mass is 16.5. The summed E-state index contributed by atoms with van der Waals surface area (Å²) in [4.78, 5) is 18.3. The minimum Gasteiger partial charge on any atom is -0.378 e. The first-order valence-corrected chi connectivity index (χ1v) is 6.98. The van der Waals surface area contributed by atoms with Crippen LogP contribution in [0.4, 0.5) is 5.95 Å². The Morgan fingerprint density at radius 1 is 1.55 bits per heavy atom. The van der Waals surface area contributed by atoms with Gasteiger partial charge in [-0.3, -0.25) is 4.79 Å². The molecule has 0 saturated heterocycles. The van der Waals surface area contributed by atoms with Gasteiger partial charge in [0.25, 0.3) is 5.91 Å². The van der Waals surface area contributed by atoms with Crippen LogP contribution < -0.4 is 10.6 Å². The summed E-state index contributed by atoms with van der Waals surface area (Å²) in [6.45, 7) is 4.40. The normalized spacial score (nSPS) is 13.9. The number of fused-ring (bicyclic) bond motifs is 1. The second-order valence-electron chi connectivity index (χ2n) is 5.10. The lowest BCUT2D eigenvalue weighted by Crippen LogP contribution is -2.28. The number of carbonyl (C=O) groups excluding carboxylic acids is 1. The smallest absolute Gasteiger partial charge is 0.271 e. The Morgan fingerprint density at radius 2 is 2.40 bits per heavy atom. The van der Waals surface area contributed by atoms with Gasteiger partial charge in [0.2, 0.25) is 5.95 Å². The van der Waals surface area contributed by atoms with Crippen molar-refractivity contribution in [1.82, 2.24) is 19.8 Å². The molecule has 1 amide bonds. The molecular weight excluding hydrogens is 258 g/mol. The molecule has 0 aliphatic carbocycles. The molecule has 7 heteroatoms. The van der Waals surface area contributed by atoms with Crippen LogP contribution in [-0.4, -0.2) is 67.3 Å². The van der Waals surface area contributed by atoms with Crippen LogP contribution in [0.15, 0.2) is 6.20 Å². The minimum atomic E-state index is -0.148. The van der Waals surface area contributed by atoms with Crippen molar-refractivity contribution < 1.29 is 9.53 Å². The zero-order valence-electron chi connectivity index (χ0n) is 12.2. The second-order valence-corrected chi connectivity index (χ2v) is 5.10. The largest absolute Gasteiger partial charge is 0.378 e. The van der Waals surface area contributed by atoms with Gasteiger partial charge in [-0.25, -0.2) is 4.98 Å². The van der Waals surface area contributed by atoms with Crippen LogP contribution in [0.5, 0.6) is 0 Å². The predicted molar refractivity (Wildman–Crippen MR) is 77.0 cm³/mol. The zero-order valence-corrected chi connectivity index (χ0v) is 12.2. The van der Waals surface area contributed by atoms with Crippen molar-refractivity contribution in [2.45, 2.75) is 13.0 Å². The van der Waals surface area contributed by atoms with Crippen LogP contribution in [0.2, 0.25) is 0 Å². The Hall–Kier alpha value is -1.60. The average Bonchev–Trinajstić information content (AvgIpc) is 2.86. The maximum Gasteiger partial charge on any atom is 0.271 e. The van der Waals surface area contributed by atoms with Crippen LogP contribution in [0.25, 0.3) is 0 Å². The van der Waals surface area contributed by atoms with E-state index < -0.39 is 0 Å². The molecule has 0 radical (unpaired) electrons. The van der Waals surface area contributed by atoms with E-state index >= 15 is 0 Å². The number of ether oxygens (including phenoxy) is 1. The highest BCUT2D eigenvalue weighted by Gasteiger charge is 2.15. The number of likely N-dealkylation sites (N-methyl/N-ethyl adjacent to an activating group) is 1. The summed E-state index contributed by atoms with van der Waals surface area (Å²) in [6, 6.07) is 0. The Morgan fingerprint density at radius 3 is 3.15 bits per heavy atom. The van der Waals surface area contributed by atoms with Gasteiger partial charge in [0.15, 0.2) is 0 Å². The van der Waals surface area contributed by atoms with Crippen LogP contribution in [0.1, 0.15) is 16.9 Å². The first-order chi connectivity index (χ1) is 9.66. The van der Waals surface area contributed by atoms with Gasteiger partial charge < -0.3 is 24.8 Å². The van der Waals surface area contributed by atoms with E-state index in [0.29, 0.717) is 25.5 Å². The quantitative estimate of drug-likeness (QED) is 0.689. The lowest BCUT2D eigenvalue weighted by molar-refractivity contribution is 0.0896. The molecule has 0 atom stereocenters. The van der Waals surface area contributed by atoms with Gasteiger partial charge in [-0.15, -0.1) is 0 Å². The molecule has 1 aromatic heterocycles. The molecule has 1 aliphatic heterocycles. The fourth-order valence-electron chi connectivity index (χ4n) is 1.96. The van der Waals surface area contributed by atoms with Gasteiger partial charge in [0.1, 0.15) is 5.69 Å². The monoisotopic (exact) mass is 281 g/mol. The van der Waals surface area contributed by atoms with Gasteiger partial charge in [-0.05, 0) is 20.5 Å². The molecule has 0 fully saturated rings. The summed E-state index contributed by atoms with van der Waals surface area (Å²) in [6.07, 6.45) is 2.86. The summed E-state index contributed by atoms with van der Waals surface area (Å²) >= 11 is 0. The molecule has 0 unspecified atom stereocenters. The zero-order chi connectivity index (χ0) is 14.4. The number of hydrogen-bond acceptors (Lipinski definition) is 5. The standard InChI is InChI=1S/C13H23N5O2/c1-17(2)7-9-20-8-5-14-12(19)11-10-18-6-3-4-15-13(18)16-11/h10H,3-9H2,1-2H3,(H,14,19)(H,15,16). The van der Waals surface area contributed by atoms with E-state index in [9.17, 15) is 4.79 Å². The lowest BCUT2D eigenvalue weighted by atomic mass is 10.4. The van der Waals surface area contributed by atoms with Crippen molar-refractivity contribution in [3.63, 3.8) is 0 Å². The number of imidazole rings is 1. The lowest BCUT2D eigenvalue weighted by Gasteiger charge is -2.14. The third-order valence-electron chi connectivity index (χ3n) is 3.08. The minimum absolute atomic E-state index is 0.148. The number of carbonyl (C=O) groups is 1. The Kier molecular flexibility index (Phi) is 5.37. The van der Waals surface area contributed by atoms with Crippen molar-refractivity contribution >= 4 is 11.9 Å². The molecule has 2 rings (SSSR count). The number of aryl methyl sites for hydroxylation is 1. The first kappa shape index (κ1) is 14.8. The number of hydrogen-bond donors (Lipinski definition) is 2. The number of amides is 1. The molecule has 0 aromatic carbocycles.